The highest BCUT2D eigenvalue weighted by Crippen LogP contribution is 2.03. The van der Waals surface area contributed by atoms with Crippen LogP contribution in [0.5, 0.6) is 0 Å². The van der Waals surface area contributed by atoms with Crippen LogP contribution in [-0.4, -0.2) is 30.3 Å². The molecule has 0 bridgehead atoms. The van der Waals surface area contributed by atoms with E-state index in [1.54, 1.807) is 12.4 Å². The van der Waals surface area contributed by atoms with Gasteiger partial charge in [-0.1, -0.05) is 0 Å². The van der Waals surface area contributed by atoms with Crippen molar-refractivity contribution in [2.45, 2.75) is 6.42 Å². The molecule has 0 aliphatic carbocycles. The Labute approximate surface area is 71.3 Å². The molecule has 0 aliphatic rings. The number of aldehydes is 1. The predicted octanol–water partition coefficient (Wildman–Crippen LogP) is 0.284. The van der Waals surface area contributed by atoms with Gasteiger partial charge in [-0.25, -0.2) is 4.98 Å². The molecule has 1 aromatic heterocycles. The first kappa shape index (κ1) is 8.64. The number of hydrogen-bond donors (Lipinski definition) is 0. The summed E-state index contributed by atoms with van der Waals surface area (Å²) >= 11 is 0. The van der Waals surface area contributed by atoms with Crippen molar-refractivity contribution in [3.8, 4) is 0 Å². The van der Waals surface area contributed by atoms with Crippen molar-refractivity contribution >= 4 is 12.1 Å². The standard InChI is InChI=1S/C8H11N3O/c1-11(2)8-6-9-7(3-4-12)5-10-8/h4-6H,3H2,1-2H3. The van der Waals surface area contributed by atoms with Gasteiger partial charge in [0, 0.05) is 20.5 Å². The van der Waals surface area contributed by atoms with E-state index in [-0.39, 0.29) is 0 Å². The fourth-order valence-electron chi connectivity index (χ4n) is 0.770. The maximum Gasteiger partial charge on any atom is 0.146 e. The van der Waals surface area contributed by atoms with Gasteiger partial charge >= 0.3 is 0 Å². The van der Waals surface area contributed by atoms with Gasteiger partial charge in [-0.05, 0) is 0 Å². The maximum absolute atomic E-state index is 10.1. The lowest BCUT2D eigenvalue weighted by atomic mass is 10.3. The first-order valence-corrected chi connectivity index (χ1v) is 3.66. The number of carbonyl (C=O) groups is 1. The second kappa shape index (κ2) is 3.80. The molecule has 0 saturated heterocycles. The molecule has 0 aliphatic heterocycles. The van der Waals surface area contributed by atoms with Gasteiger partial charge in [-0.2, -0.15) is 0 Å². The fraction of sp³-hybridized carbons (Fsp3) is 0.375. The molecule has 0 amide bonds. The molecule has 0 aromatic carbocycles. The molecule has 4 heteroatoms. The molecule has 1 aromatic rings. The van der Waals surface area contributed by atoms with Crippen molar-refractivity contribution in [3.63, 3.8) is 0 Å². The highest BCUT2D eigenvalue weighted by Gasteiger charge is 1.97. The minimum Gasteiger partial charge on any atom is -0.361 e. The molecule has 4 nitrogen and oxygen atoms in total. The fourth-order valence-corrected chi connectivity index (χ4v) is 0.770. The highest BCUT2D eigenvalue weighted by atomic mass is 16.1. The molecular formula is C8H11N3O. The Morgan fingerprint density at radius 3 is 2.58 bits per heavy atom. The summed E-state index contributed by atoms with van der Waals surface area (Å²) in [5.74, 6) is 0.796. The van der Waals surface area contributed by atoms with Gasteiger partial charge in [0.25, 0.3) is 0 Å². The third kappa shape index (κ3) is 2.02. The number of nitrogens with zero attached hydrogens (tertiary/aromatic N) is 3. The molecule has 0 fully saturated rings. The molecule has 0 saturated carbocycles. The van der Waals surface area contributed by atoms with Crippen LogP contribution in [0, 0.1) is 0 Å². The van der Waals surface area contributed by atoms with E-state index in [0.29, 0.717) is 12.1 Å². The smallest absolute Gasteiger partial charge is 0.146 e. The van der Waals surface area contributed by atoms with Crippen LogP contribution in [-0.2, 0) is 11.2 Å². The first-order valence-electron chi connectivity index (χ1n) is 3.66. The maximum atomic E-state index is 10.1. The second-order valence-electron chi connectivity index (χ2n) is 2.63. The zero-order valence-corrected chi connectivity index (χ0v) is 7.19. The van der Waals surface area contributed by atoms with Crippen LogP contribution in [0.3, 0.4) is 0 Å². The molecule has 0 atom stereocenters. The number of aromatic nitrogens is 2. The second-order valence-corrected chi connectivity index (χ2v) is 2.63. The molecule has 0 radical (unpaired) electrons. The molecule has 1 rings (SSSR count). The van der Waals surface area contributed by atoms with Gasteiger partial charge in [0.2, 0.25) is 0 Å². The Kier molecular flexibility index (Phi) is 2.74. The Balaban J connectivity index is 2.78. The lowest BCUT2D eigenvalue weighted by molar-refractivity contribution is -0.107. The van der Waals surface area contributed by atoms with Crippen LogP contribution < -0.4 is 4.90 Å². The largest absolute Gasteiger partial charge is 0.361 e. The van der Waals surface area contributed by atoms with Gasteiger partial charge in [0.05, 0.1) is 18.1 Å². The van der Waals surface area contributed by atoms with Crippen LogP contribution >= 0.6 is 0 Å². The van der Waals surface area contributed by atoms with Gasteiger partial charge < -0.3 is 9.69 Å². The van der Waals surface area contributed by atoms with E-state index < -0.39 is 0 Å². The van der Waals surface area contributed by atoms with Crippen LogP contribution in [0.15, 0.2) is 12.4 Å². The first-order chi connectivity index (χ1) is 5.74. The molecule has 0 N–H and O–H groups in total. The van der Waals surface area contributed by atoms with Crippen molar-refractivity contribution < 1.29 is 4.79 Å². The van der Waals surface area contributed by atoms with Crippen LogP contribution in [0.25, 0.3) is 0 Å². The monoisotopic (exact) mass is 165 g/mol. The van der Waals surface area contributed by atoms with Crippen LogP contribution in [0.1, 0.15) is 5.69 Å². The van der Waals surface area contributed by atoms with Crippen LogP contribution in [0.4, 0.5) is 5.82 Å². The molecule has 0 unspecified atom stereocenters. The third-order valence-electron chi connectivity index (χ3n) is 1.44. The molecular weight excluding hydrogens is 154 g/mol. The van der Waals surface area contributed by atoms with Crippen molar-refractivity contribution in [1.82, 2.24) is 9.97 Å². The number of carbonyl (C=O) groups excluding carboxylic acids is 1. The van der Waals surface area contributed by atoms with Crippen LogP contribution in [0.2, 0.25) is 0 Å². The van der Waals surface area contributed by atoms with E-state index in [2.05, 4.69) is 9.97 Å². The summed E-state index contributed by atoms with van der Waals surface area (Å²) < 4.78 is 0. The zero-order valence-electron chi connectivity index (χ0n) is 7.19. The normalized spacial score (nSPS) is 9.50. The number of rotatable bonds is 3. The SMILES string of the molecule is CN(C)c1cnc(CC=O)cn1. The Bertz CT molecular complexity index is 256. The molecule has 0 spiro atoms. The summed E-state index contributed by atoms with van der Waals surface area (Å²) in [5.41, 5.74) is 0.704. The Hall–Kier alpha value is -1.45. The van der Waals surface area contributed by atoms with E-state index in [1.807, 2.05) is 19.0 Å². The lowest BCUT2D eigenvalue weighted by Crippen LogP contribution is -2.11. The summed E-state index contributed by atoms with van der Waals surface area (Å²) in [4.78, 5) is 20.1. The number of hydrogen-bond acceptors (Lipinski definition) is 4. The van der Waals surface area contributed by atoms with Crippen molar-refractivity contribution in [3.05, 3.63) is 18.1 Å². The average Bonchev–Trinajstić information content (AvgIpc) is 2.06. The number of anilines is 1. The predicted molar refractivity (Wildman–Crippen MR) is 46.1 cm³/mol. The quantitative estimate of drug-likeness (QED) is 0.604. The average molecular weight is 165 g/mol. The van der Waals surface area contributed by atoms with Crippen molar-refractivity contribution in [2.75, 3.05) is 19.0 Å². The zero-order chi connectivity index (χ0) is 8.97. The minimum absolute atomic E-state index is 0.334. The molecule has 12 heavy (non-hydrogen) atoms. The topological polar surface area (TPSA) is 46.1 Å². The molecule has 1 heterocycles. The van der Waals surface area contributed by atoms with E-state index >= 15 is 0 Å². The van der Waals surface area contributed by atoms with Gasteiger partial charge in [-0.3, -0.25) is 4.98 Å². The van der Waals surface area contributed by atoms with Gasteiger partial charge in [0.1, 0.15) is 12.1 Å². The van der Waals surface area contributed by atoms with E-state index in [9.17, 15) is 4.79 Å². The minimum atomic E-state index is 0.334. The summed E-state index contributed by atoms with van der Waals surface area (Å²) in [6.07, 6.45) is 4.42. The van der Waals surface area contributed by atoms with Crippen molar-refractivity contribution in [2.24, 2.45) is 0 Å². The van der Waals surface area contributed by atoms with Gasteiger partial charge in [-0.15, -0.1) is 0 Å². The van der Waals surface area contributed by atoms with E-state index in [4.69, 9.17) is 0 Å². The third-order valence-corrected chi connectivity index (χ3v) is 1.44. The summed E-state index contributed by atoms with van der Waals surface area (Å²) in [7, 11) is 3.78. The lowest BCUT2D eigenvalue weighted by Gasteiger charge is -2.09. The highest BCUT2D eigenvalue weighted by molar-refractivity contribution is 5.53. The van der Waals surface area contributed by atoms with Gasteiger partial charge in [0.15, 0.2) is 0 Å². The van der Waals surface area contributed by atoms with E-state index in [1.165, 1.54) is 0 Å². The molecule has 64 valence electrons. The summed E-state index contributed by atoms with van der Waals surface area (Å²) in [6, 6.07) is 0. The van der Waals surface area contributed by atoms with Crippen molar-refractivity contribution in [1.29, 1.82) is 0 Å². The van der Waals surface area contributed by atoms with E-state index in [0.717, 1.165) is 12.1 Å². The Morgan fingerprint density at radius 1 is 1.42 bits per heavy atom. The summed E-state index contributed by atoms with van der Waals surface area (Å²) in [5, 5.41) is 0. The summed E-state index contributed by atoms with van der Waals surface area (Å²) in [6.45, 7) is 0. The Morgan fingerprint density at radius 2 is 2.17 bits per heavy atom.